The number of nitrogen functional groups attached to an aromatic ring is 1. The summed E-state index contributed by atoms with van der Waals surface area (Å²) < 4.78 is 1.56. The van der Waals surface area contributed by atoms with Crippen LogP contribution in [0, 0.1) is 0 Å². The van der Waals surface area contributed by atoms with E-state index in [4.69, 9.17) is 5.73 Å². The largest absolute Gasteiger partial charge is 0.382 e. The summed E-state index contributed by atoms with van der Waals surface area (Å²) in [6, 6.07) is 11.8. The topological polar surface area (TPSA) is 72.9 Å². The first-order valence-electron chi connectivity index (χ1n) is 6.56. The Morgan fingerprint density at radius 2 is 1.81 bits per heavy atom. The molecule has 2 aromatic heterocycles. The van der Waals surface area contributed by atoms with Crippen LogP contribution in [-0.4, -0.2) is 33.8 Å². The highest BCUT2D eigenvalue weighted by Crippen LogP contribution is 2.21. The van der Waals surface area contributed by atoms with Gasteiger partial charge in [-0.25, -0.2) is 14.6 Å². The van der Waals surface area contributed by atoms with Crippen molar-refractivity contribution in [1.29, 1.82) is 0 Å². The molecule has 0 saturated heterocycles. The maximum absolute atomic E-state index is 5.62. The van der Waals surface area contributed by atoms with Crippen LogP contribution in [0.15, 0.2) is 48.8 Å². The first kappa shape index (κ1) is 13.1. The van der Waals surface area contributed by atoms with Gasteiger partial charge in [0.05, 0.1) is 5.69 Å². The minimum Gasteiger partial charge on any atom is -0.382 e. The van der Waals surface area contributed by atoms with E-state index in [0.29, 0.717) is 11.8 Å². The summed E-state index contributed by atoms with van der Waals surface area (Å²) in [4.78, 5) is 10.8. The Hall–Kier alpha value is -2.89. The lowest BCUT2D eigenvalue weighted by Crippen LogP contribution is -2.08. The Kier molecular flexibility index (Phi) is 3.27. The molecule has 0 unspecified atom stereocenters. The molecule has 0 aliphatic rings. The monoisotopic (exact) mass is 280 g/mol. The molecular formula is C15H16N6. The van der Waals surface area contributed by atoms with Crippen molar-refractivity contribution in [2.75, 3.05) is 24.7 Å². The van der Waals surface area contributed by atoms with Gasteiger partial charge in [0.2, 0.25) is 0 Å². The van der Waals surface area contributed by atoms with Gasteiger partial charge in [0, 0.05) is 43.8 Å². The first-order valence-corrected chi connectivity index (χ1v) is 6.56. The summed E-state index contributed by atoms with van der Waals surface area (Å²) in [7, 11) is 4.03. The second-order valence-electron chi connectivity index (χ2n) is 4.87. The number of hydrogen-bond acceptors (Lipinski definition) is 5. The van der Waals surface area contributed by atoms with Crippen LogP contribution in [0.4, 0.5) is 11.5 Å². The molecule has 1 aromatic carbocycles. The number of nitrogens with zero attached hydrogens (tertiary/aromatic N) is 5. The van der Waals surface area contributed by atoms with Gasteiger partial charge in [-0.3, -0.25) is 0 Å². The molecule has 0 radical (unpaired) electrons. The number of rotatable bonds is 3. The Balaban J connectivity index is 1.96. The van der Waals surface area contributed by atoms with E-state index in [1.54, 1.807) is 23.1 Å². The summed E-state index contributed by atoms with van der Waals surface area (Å²) in [5.41, 5.74) is 8.64. The fourth-order valence-electron chi connectivity index (χ4n) is 2.00. The van der Waals surface area contributed by atoms with E-state index in [2.05, 4.69) is 32.1 Å². The number of hydrogen-bond donors (Lipinski definition) is 1. The second kappa shape index (κ2) is 5.24. The van der Waals surface area contributed by atoms with Gasteiger partial charge in [-0.05, 0) is 18.2 Å². The molecule has 0 aliphatic heterocycles. The molecule has 6 heteroatoms. The Labute approximate surface area is 122 Å². The number of benzene rings is 1. The summed E-state index contributed by atoms with van der Waals surface area (Å²) in [6.07, 6.45) is 3.46. The minimum atomic E-state index is 0.444. The normalized spacial score (nSPS) is 10.6. The first-order chi connectivity index (χ1) is 10.1. The maximum Gasteiger partial charge on any atom is 0.251 e. The van der Waals surface area contributed by atoms with E-state index in [1.807, 2.05) is 32.3 Å². The summed E-state index contributed by atoms with van der Waals surface area (Å²) in [5.74, 6) is 0.945. The van der Waals surface area contributed by atoms with E-state index >= 15 is 0 Å². The van der Waals surface area contributed by atoms with Crippen LogP contribution in [0.1, 0.15) is 0 Å². The fraction of sp³-hybridized carbons (Fsp3) is 0.133. The van der Waals surface area contributed by atoms with Crippen molar-refractivity contribution in [2.45, 2.75) is 0 Å². The highest BCUT2D eigenvalue weighted by Gasteiger charge is 2.05. The van der Waals surface area contributed by atoms with Crippen molar-refractivity contribution in [2.24, 2.45) is 0 Å². The number of aromatic nitrogens is 4. The summed E-state index contributed by atoms with van der Waals surface area (Å²) in [5, 5.41) is 4.12. The second-order valence-corrected chi connectivity index (χ2v) is 4.87. The fourth-order valence-corrected chi connectivity index (χ4v) is 2.00. The predicted octanol–water partition coefficient (Wildman–Crippen LogP) is 1.98. The third kappa shape index (κ3) is 2.69. The van der Waals surface area contributed by atoms with Crippen molar-refractivity contribution in [1.82, 2.24) is 19.7 Å². The predicted molar refractivity (Wildman–Crippen MR) is 83.3 cm³/mol. The standard InChI is InChI=1S/C15H16N6/c1-20(2)12-5-3-11(4-6-12)13-7-9-17-15(18-13)21-10-8-14(16)19-21/h3-10H,1-2H3,(H2,16,19). The molecule has 2 heterocycles. The van der Waals surface area contributed by atoms with E-state index in [0.717, 1.165) is 16.9 Å². The molecule has 6 nitrogen and oxygen atoms in total. The van der Waals surface area contributed by atoms with Crippen LogP contribution >= 0.6 is 0 Å². The molecular weight excluding hydrogens is 264 g/mol. The lowest BCUT2D eigenvalue weighted by molar-refractivity contribution is 0.813. The van der Waals surface area contributed by atoms with Gasteiger partial charge in [0.1, 0.15) is 5.82 Å². The number of nitrogens with two attached hydrogens (primary N) is 1. The van der Waals surface area contributed by atoms with Crippen LogP contribution in [0.2, 0.25) is 0 Å². The van der Waals surface area contributed by atoms with Gasteiger partial charge < -0.3 is 10.6 Å². The van der Waals surface area contributed by atoms with Gasteiger partial charge in [-0.1, -0.05) is 12.1 Å². The zero-order valence-electron chi connectivity index (χ0n) is 11.9. The van der Waals surface area contributed by atoms with Crippen molar-refractivity contribution in [3.05, 3.63) is 48.8 Å². The van der Waals surface area contributed by atoms with Crippen molar-refractivity contribution in [3.8, 4) is 17.2 Å². The van der Waals surface area contributed by atoms with E-state index < -0.39 is 0 Å². The molecule has 0 aliphatic carbocycles. The third-order valence-corrected chi connectivity index (χ3v) is 3.14. The average Bonchev–Trinajstić information content (AvgIpc) is 2.94. The molecule has 0 saturated carbocycles. The van der Waals surface area contributed by atoms with E-state index in [9.17, 15) is 0 Å². The van der Waals surface area contributed by atoms with Gasteiger partial charge in [-0.2, -0.15) is 0 Å². The lowest BCUT2D eigenvalue weighted by Gasteiger charge is -2.12. The van der Waals surface area contributed by atoms with Crippen molar-refractivity contribution < 1.29 is 0 Å². The molecule has 3 aromatic rings. The Bertz CT molecular complexity index is 745. The van der Waals surface area contributed by atoms with Crippen molar-refractivity contribution in [3.63, 3.8) is 0 Å². The molecule has 0 bridgehead atoms. The zero-order valence-corrected chi connectivity index (χ0v) is 11.9. The average molecular weight is 280 g/mol. The van der Waals surface area contributed by atoms with Gasteiger partial charge >= 0.3 is 0 Å². The zero-order chi connectivity index (χ0) is 14.8. The van der Waals surface area contributed by atoms with Crippen molar-refractivity contribution >= 4 is 11.5 Å². The third-order valence-electron chi connectivity index (χ3n) is 3.14. The van der Waals surface area contributed by atoms with Crippen LogP contribution in [0.25, 0.3) is 17.2 Å². The van der Waals surface area contributed by atoms with Crippen LogP contribution in [0.5, 0.6) is 0 Å². The molecule has 0 amide bonds. The highest BCUT2D eigenvalue weighted by atomic mass is 15.4. The Morgan fingerprint density at radius 3 is 2.43 bits per heavy atom. The molecule has 0 atom stereocenters. The van der Waals surface area contributed by atoms with E-state index in [-0.39, 0.29) is 0 Å². The Morgan fingerprint density at radius 1 is 1.05 bits per heavy atom. The van der Waals surface area contributed by atoms with E-state index in [1.165, 1.54) is 0 Å². The van der Waals surface area contributed by atoms with Crippen LogP contribution in [0.3, 0.4) is 0 Å². The molecule has 2 N–H and O–H groups in total. The molecule has 106 valence electrons. The lowest BCUT2D eigenvalue weighted by atomic mass is 10.1. The van der Waals surface area contributed by atoms with Gasteiger partial charge in [0.15, 0.2) is 0 Å². The van der Waals surface area contributed by atoms with Gasteiger partial charge in [-0.15, -0.1) is 5.10 Å². The smallest absolute Gasteiger partial charge is 0.251 e. The van der Waals surface area contributed by atoms with Crippen LogP contribution < -0.4 is 10.6 Å². The molecule has 0 spiro atoms. The molecule has 3 rings (SSSR count). The molecule has 0 fully saturated rings. The number of anilines is 2. The maximum atomic E-state index is 5.62. The van der Waals surface area contributed by atoms with Crippen LogP contribution in [-0.2, 0) is 0 Å². The molecule has 21 heavy (non-hydrogen) atoms. The van der Waals surface area contributed by atoms with Gasteiger partial charge in [0.25, 0.3) is 5.95 Å². The minimum absolute atomic E-state index is 0.444. The summed E-state index contributed by atoms with van der Waals surface area (Å²) in [6.45, 7) is 0. The SMILES string of the molecule is CN(C)c1ccc(-c2ccnc(-n3ccc(N)n3)n2)cc1. The summed E-state index contributed by atoms with van der Waals surface area (Å²) >= 11 is 0. The quantitative estimate of drug-likeness (QED) is 0.794. The highest BCUT2D eigenvalue weighted by molar-refractivity contribution is 5.63.